The molecule has 1 aromatic heterocycles. The molecule has 1 saturated heterocycles. The van der Waals surface area contributed by atoms with Crippen molar-refractivity contribution < 1.29 is 0 Å². The second-order valence-electron chi connectivity index (χ2n) is 5.73. The molecule has 1 aromatic carbocycles. The Morgan fingerprint density at radius 3 is 3.09 bits per heavy atom. The molecule has 6 heteroatoms. The number of halogens is 1. The second-order valence-corrected chi connectivity index (χ2v) is 6.17. The van der Waals surface area contributed by atoms with E-state index in [1.807, 2.05) is 12.1 Å². The molecule has 1 aliphatic heterocycles. The predicted molar refractivity (Wildman–Crippen MR) is 88.3 cm³/mol. The fraction of sp³-hybridized carbons (Fsp3) is 0.500. The molecule has 1 unspecified atom stereocenters. The van der Waals surface area contributed by atoms with E-state index in [1.54, 1.807) is 17.3 Å². The molecule has 1 N–H and O–H groups in total. The SMILES string of the molecule is CCCC1CNCCN1Cc1ccc(Cl)cc1-n1cncn1. The standard InChI is InChI=1S/C16H22ClN5/c1-2-3-15-9-18-6-7-21(15)10-13-4-5-14(17)8-16(13)22-12-19-11-20-22/h4-5,8,11-12,15,18H,2-3,6-7,9-10H2,1H3. The summed E-state index contributed by atoms with van der Waals surface area (Å²) in [6, 6.07) is 6.61. The number of nitrogens with zero attached hydrogens (tertiary/aromatic N) is 4. The highest BCUT2D eigenvalue weighted by atomic mass is 35.5. The highest BCUT2D eigenvalue weighted by molar-refractivity contribution is 6.30. The zero-order valence-corrected chi connectivity index (χ0v) is 13.6. The molecule has 0 radical (unpaired) electrons. The van der Waals surface area contributed by atoms with Gasteiger partial charge >= 0.3 is 0 Å². The molecule has 22 heavy (non-hydrogen) atoms. The zero-order chi connectivity index (χ0) is 15.4. The van der Waals surface area contributed by atoms with Gasteiger partial charge in [0.1, 0.15) is 12.7 Å². The first-order valence-corrected chi connectivity index (χ1v) is 8.24. The van der Waals surface area contributed by atoms with Crippen LogP contribution in [-0.4, -0.2) is 45.3 Å². The van der Waals surface area contributed by atoms with E-state index in [0.29, 0.717) is 6.04 Å². The number of hydrogen-bond donors (Lipinski definition) is 1. The maximum absolute atomic E-state index is 6.17. The van der Waals surface area contributed by atoms with Gasteiger partial charge in [-0.2, -0.15) is 5.10 Å². The van der Waals surface area contributed by atoms with Gasteiger partial charge in [-0.05, 0) is 24.1 Å². The van der Waals surface area contributed by atoms with Crippen molar-refractivity contribution in [2.24, 2.45) is 0 Å². The average molecular weight is 320 g/mol. The number of benzene rings is 1. The van der Waals surface area contributed by atoms with Crippen molar-refractivity contribution in [2.45, 2.75) is 32.4 Å². The number of nitrogens with one attached hydrogen (secondary N) is 1. The lowest BCUT2D eigenvalue weighted by Gasteiger charge is -2.36. The van der Waals surface area contributed by atoms with Gasteiger partial charge in [-0.15, -0.1) is 0 Å². The molecule has 118 valence electrons. The van der Waals surface area contributed by atoms with E-state index in [0.717, 1.165) is 36.9 Å². The molecule has 0 spiro atoms. The number of rotatable bonds is 5. The highest BCUT2D eigenvalue weighted by Crippen LogP contribution is 2.22. The second kappa shape index (κ2) is 7.22. The lowest BCUT2D eigenvalue weighted by Crippen LogP contribution is -2.50. The monoisotopic (exact) mass is 319 g/mol. The summed E-state index contributed by atoms with van der Waals surface area (Å²) in [6.45, 7) is 6.35. The van der Waals surface area contributed by atoms with Gasteiger partial charge in [0.2, 0.25) is 0 Å². The van der Waals surface area contributed by atoms with Crippen molar-refractivity contribution in [2.75, 3.05) is 19.6 Å². The molecule has 2 aromatic rings. The van der Waals surface area contributed by atoms with Gasteiger partial charge in [0, 0.05) is 37.2 Å². The molecule has 1 atom stereocenters. The first-order chi connectivity index (χ1) is 10.8. The molecular formula is C16H22ClN5. The van der Waals surface area contributed by atoms with E-state index < -0.39 is 0 Å². The molecule has 3 rings (SSSR count). The lowest BCUT2D eigenvalue weighted by atomic mass is 10.1. The summed E-state index contributed by atoms with van der Waals surface area (Å²) in [5.41, 5.74) is 2.25. The van der Waals surface area contributed by atoms with E-state index in [9.17, 15) is 0 Å². The molecule has 5 nitrogen and oxygen atoms in total. The van der Waals surface area contributed by atoms with Crippen LogP contribution in [0, 0.1) is 0 Å². The van der Waals surface area contributed by atoms with E-state index in [2.05, 4.69) is 33.3 Å². The van der Waals surface area contributed by atoms with Crippen molar-refractivity contribution in [3.63, 3.8) is 0 Å². The fourth-order valence-electron chi connectivity index (χ4n) is 3.06. The molecule has 0 amide bonds. The van der Waals surface area contributed by atoms with Crippen LogP contribution in [0.2, 0.25) is 5.02 Å². The average Bonchev–Trinajstić information content (AvgIpc) is 3.05. The maximum atomic E-state index is 6.17. The number of piperazine rings is 1. The van der Waals surface area contributed by atoms with Gasteiger partial charge in [-0.1, -0.05) is 31.0 Å². The first-order valence-electron chi connectivity index (χ1n) is 7.86. The minimum absolute atomic E-state index is 0.595. The van der Waals surface area contributed by atoms with Crippen molar-refractivity contribution in [1.29, 1.82) is 0 Å². The van der Waals surface area contributed by atoms with Crippen LogP contribution in [0.3, 0.4) is 0 Å². The van der Waals surface area contributed by atoms with Crippen LogP contribution in [0.15, 0.2) is 30.9 Å². The van der Waals surface area contributed by atoms with E-state index in [1.165, 1.54) is 18.4 Å². The van der Waals surface area contributed by atoms with Crippen LogP contribution in [0.25, 0.3) is 5.69 Å². The summed E-state index contributed by atoms with van der Waals surface area (Å²) in [7, 11) is 0. The minimum atomic E-state index is 0.595. The molecule has 0 saturated carbocycles. The first kappa shape index (κ1) is 15.5. The summed E-state index contributed by atoms with van der Waals surface area (Å²) in [5, 5.41) is 8.47. The third-order valence-electron chi connectivity index (χ3n) is 4.18. The lowest BCUT2D eigenvalue weighted by molar-refractivity contribution is 0.144. The maximum Gasteiger partial charge on any atom is 0.138 e. The zero-order valence-electron chi connectivity index (χ0n) is 12.9. The Hall–Kier alpha value is -1.43. The van der Waals surface area contributed by atoms with E-state index >= 15 is 0 Å². The van der Waals surface area contributed by atoms with Crippen LogP contribution in [0.4, 0.5) is 0 Å². The Morgan fingerprint density at radius 2 is 2.32 bits per heavy atom. The molecule has 0 aliphatic carbocycles. The Kier molecular flexibility index (Phi) is 5.08. The van der Waals surface area contributed by atoms with E-state index in [4.69, 9.17) is 11.6 Å². The van der Waals surface area contributed by atoms with Crippen molar-refractivity contribution in [1.82, 2.24) is 25.0 Å². The Balaban J connectivity index is 1.85. The number of hydrogen-bond acceptors (Lipinski definition) is 4. The van der Waals surface area contributed by atoms with Crippen molar-refractivity contribution >= 4 is 11.6 Å². The quantitative estimate of drug-likeness (QED) is 0.919. The van der Waals surface area contributed by atoms with Gasteiger partial charge < -0.3 is 5.32 Å². The summed E-state index contributed by atoms with van der Waals surface area (Å²) >= 11 is 6.17. The normalized spacial score (nSPS) is 19.5. The molecule has 2 heterocycles. The van der Waals surface area contributed by atoms with Crippen LogP contribution < -0.4 is 5.32 Å². The summed E-state index contributed by atoms with van der Waals surface area (Å²) in [6.07, 6.45) is 5.70. The van der Waals surface area contributed by atoms with Crippen LogP contribution in [-0.2, 0) is 6.54 Å². The highest BCUT2D eigenvalue weighted by Gasteiger charge is 2.22. The molecular weight excluding hydrogens is 298 g/mol. The Morgan fingerprint density at radius 1 is 1.41 bits per heavy atom. The van der Waals surface area contributed by atoms with Crippen molar-refractivity contribution in [3.05, 3.63) is 41.4 Å². The van der Waals surface area contributed by atoms with Crippen LogP contribution >= 0.6 is 11.6 Å². The topological polar surface area (TPSA) is 46.0 Å². The molecule has 0 bridgehead atoms. The Bertz CT molecular complexity index is 597. The number of aromatic nitrogens is 3. The minimum Gasteiger partial charge on any atom is -0.314 e. The van der Waals surface area contributed by atoms with Crippen LogP contribution in [0.1, 0.15) is 25.3 Å². The van der Waals surface area contributed by atoms with Gasteiger partial charge in [0.05, 0.1) is 5.69 Å². The third kappa shape index (κ3) is 3.48. The molecule has 1 fully saturated rings. The molecule has 1 aliphatic rings. The summed E-state index contributed by atoms with van der Waals surface area (Å²) < 4.78 is 1.79. The summed E-state index contributed by atoms with van der Waals surface area (Å²) in [4.78, 5) is 6.60. The summed E-state index contributed by atoms with van der Waals surface area (Å²) in [5.74, 6) is 0. The fourth-order valence-corrected chi connectivity index (χ4v) is 3.23. The van der Waals surface area contributed by atoms with Gasteiger partial charge in [-0.25, -0.2) is 9.67 Å². The Labute approximate surface area is 136 Å². The van der Waals surface area contributed by atoms with Crippen LogP contribution in [0.5, 0.6) is 0 Å². The van der Waals surface area contributed by atoms with Gasteiger partial charge in [0.15, 0.2) is 0 Å². The van der Waals surface area contributed by atoms with Gasteiger partial charge in [-0.3, -0.25) is 4.90 Å². The van der Waals surface area contributed by atoms with Crippen molar-refractivity contribution in [3.8, 4) is 5.69 Å². The van der Waals surface area contributed by atoms with Gasteiger partial charge in [0.25, 0.3) is 0 Å². The largest absolute Gasteiger partial charge is 0.314 e. The third-order valence-corrected chi connectivity index (χ3v) is 4.42. The van der Waals surface area contributed by atoms with E-state index in [-0.39, 0.29) is 0 Å². The smallest absolute Gasteiger partial charge is 0.138 e. The predicted octanol–water partition coefficient (Wildman–Crippen LogP) is 2.49.